The Balaban J connectivity index is 1.56. The zero-order chi connectivity index (χ0) is 18.5. The summed E-state index contributed by atoms with van der Waals surface area (Å²) < 4.78 is 11.0. The Bertz CT molecular complexity index is 694. The number of nitrogens with zero attached hydrogens (tertiary/aromatic N) is 2. The van der Waals surface area contributed by atoms with Gasteiger partial charge < -0.3 is 14.4 Å². The highest BCUT2D eigenvalue weighted by molar-refractivity contribution is 7.99. The summed E-state index contributed by atoms with van der Waals surface area (Å²) >= 11 is 1.82. The van der Waals surface area contributed by atoms with Crippen molar-refractivity contribution in [3.8, 4) is 6.07 Å². The van der Waals surface area contributed by atoms with Crippen LogP contribution < -0.4 is 14.8 Å². The van der Waals surface area contributed by atoms with Crippen LogP contribution in [0.2, 0.25) is 0 Å². The van der Waals surface area contributed by atoms with Gasteiger partial charge in [0, 0.05) is 5.56 Å². The van der Waals surface area contributed by atoms with E-state index in [1.807, 2.05) is 11.8 Å². The number of aromatic nitrogens is 1. The normalized spacial score (nSPS) is 20.9. The third kappa shape index (κ3) is 4.40. The van der Waals surface area contributed by atoms with Crippen LogP contribution >= 0.6 is 11.8 Å². The number of nitrogens with one attached hydrogen (secondary N) is 2. The zero-order valence-corrected chi connectivity index (χ0v) is 16.8. The lowest BCUT2D eigenvalue weighted by Crippen LogP contribution is -3.14. The van der Waals surface area contributed by atoms with Crippen LogP contribution in [-0.2, 0) is 22.3 Å². The minimum Gasteiger partial charge on any atom is -0.373 e. The number of rotatable bonds is 5. The van der Waals surface area contributed by atoms with Gasteiger partial charge in [-0.05, 0) is 31.2 Å². The molecule has 1 aromatic rings. The summed E-state index contributed by atoms with van der Waals surface area (Å²) in [5, 5.41) is 10.9. The molecule has 0 aromatic carbocycles. The third-order valence-electron chi connectivity index (χ3n) is 5.86. The predicted molar refractivity (Wildman–Crippen MR) is 104 cm³/mol. The largest absolute Gasteiger partial charge is 0.373 e. The number of H-pyrrole nitrogens is 1. The fourth-order valence-electron chi connectivity index (χ4n) is 4.32. The summed E-state index contributed by atoms with van der Waals surface area (Å²) in [5.74, 6) is 2.27. The Labute approximate surface area is 165 Å². The van der Waals surface area contributed by atoms with Crippen LogP contribution in [0.15, 0.2) is 5.03 Å². The third-order valence-corrected chi connectivity index (χ3v) is 6.86. The number of anilines is 1. The van der Waals surface area contributed by atoms with Gasteiger partial charge in [-0.2, -0.15) is 5.26 Å². The number of quaternary nitrogens is 1. The van der Waals surface area contributed by atoms with Gasteiger partial charge in [0.2, 0.25) is 0 Å². The highest BCUT2D eigenvalue weighted by Crippen LogP contribution is 2.33. The fourth-order valence-corrected chi connectivity index (χ4v) is 5.39. The maximum Gasteiger partial charge on any atom is 0.278 e. The first-order valence-corrected chi connectivity index (χ1v) is 11.2. The first-order valence-electron chi connectivity index (χ1n) is 10.2. The molecule has 2 fully saturated rings. The lowest BCUT2D eigenvalue weighted by atomic mass is 9.89. The molecule has 0 saturated carbocycles. The number of nitriles is 1. The summed E-state index contributed by atoms with van der Waals surface area (Å²) in [7, 11) is 0. The Hall–Kier alpha value is -1.33. The number of fused-ring (bicyclic) bond motifs is 1. The van der Waals surface area contributed by atoms with Gasteiger partial charge in [-0.3, -0.25) is 4.90 Å². The summed E-state index contributed by atoms with van der Waals surface area (Å²) in [5.41, 5.74) is 3.57. The van der Waals surface area contributed by atoms with Crippen LogP contribution in [0, 0.1) is 11.3 Å². The van der Waals surface area contributed by atoms with E-state index in [0.717, 1.165) is 88.3 Å². The Morgan fingerprint density at radius 2 is 1.74 bits per heavy atom. The molecule has 4 rings (SSSR count). The van der Waals surface area contributed by atoms with Crippen LogP contribution in [0.4, 0.5) is 5.82 Å². The molecule has 2 saturated heterocycles. The van der Waals surface area contributed by atoms with Gasteiger partial charge in [-0.25, -0.2) is 4.98 Å². The molecule has 2 N–H and O–H groups in total. The SMILES string of the molecule is N#Cc1c(SCC[NH+]2CCOCC2)[nH+]c(N2CCOCC2)c2c1CCCC2. The minimum atomic E-state index is 0.783. The van der Waals surface area contributed by atoms with Crippen LogP contribution in [0.3, 0.4) is 0 Å². The molecule has 146 valence electrons. The standard InChI is InChI=1S/C20H28N4O2S/c21-15-18-16-3-1-2-4-17(16)19(24-7-12-26-13-8-24)22-20(18)27-14-9-23-5-10-25-11-6-23/h1-14H2/p+2. The molecule has 6 nitrogen and oxygen atoms in total. The van der Waals surface area contributed by atoms with Gasteiger partial charge in [0.15, 0.2) is 5.03 Å². The van der Waals surface area contributed by atoms with Gasteiger partial charge in [-0.1, -0.05) is 11.8 Å². The fraction of sp³-hybridized carbons (Fsp3) is 0.700. The average molecular weight is 391 g/mol. The first-order chi connectivity index (χ1) is 13.4. The maximum absolute atomic E-state index is 9.89. The van der Waals surface area contributed by atoms with Crippen LogP contribution in [-0.4, -0.2) is 64.9 Å². The van der Waals surface area contributed by atoms with E-state index >= 15 is 0 Å². The summed E-state index contributed by atoms with van der Waals surface area (Å²) in [6.45, 7) is 8.48. The molecule has 0 spiro atoms. The van der Waals surface area contributed by atoms with Gasteiger partial charge in [0.05, 0.1) is 38.7 Å². The van der Waals surface area contributed by atoms with E-state index in [0.29, 0.717) is 0 Å². The van der Waals surface area contributed by atoms with Gasteiger partial charge in [-0.15, -0.1) is 0 Å². The van der Waals surface area contributed by atoms with E-state index < -0.39 is 0 Å². The van der Waals surface area contributed by atoms with E-state index in [4.69, 9.17) is 9.47 Å². The molecule has 0 amide bonds. The molecule has 7 heteroatoms. The van der Waals surface area contributed by atoms with Crippen LogP contribution in [0.1, 0.15) is 29.5 Å². The second-order valence-electron chi connectivity index (χ2n) is 7.51. The van der Waals surface area contributed by atoms with Gasteiger partial charge in [0.25, 0.3) is 5.82 Å². The number of hydrogen-bond donors (Lipinski definition) is 1. The van der Waals surface area contributed by atoms with Crippen molar-refractivity contribution in [2.45, 2.75) is 30.7 Å². The molecule has 0 bridgehead atoms. The molecule has 1 aliphatic carbocycles. The zero-order valence-electron chi connectivity index (χ0n) is 16.0. The summed E-state index contributed by atoms with van der Waals surface area (Å²) in [6, 6.07) is 2.52. The number of pyridine rings is 1. The van der Waals surface area contributed by atoms with E-state index in [1.54, 1.807) is 4.90 Å². The smallest absolute Gasteiger partial charge is 0.278 e. The number of hydrogen-bond acceptors (Lipinski definition) is 5. The highest BCUT2D eigenvalue weighted by Gasteiger charge is 2.31. The number of aromatic amines is 1. The minimum absolute atomic E-state index is 0.783. The van der Waals surface area contributed by atoms with Crippen molar-refractivity contribution in [3.05, 3.63) is 16.7 Å². The second-order valence-corrected chi connectivity index (χ2v) is 8.62. The Kier molecular flexibility index (Phi) is 6.51. The van der Waals surface area contributed by atoms with E-state index in [-0.39, 0.29) is 0 Å². The molecule has 3 aliphatic rings. The second kappa shape index (κ2) is 9.24. The first kappa shape index (κ1) is 19.0. The predicted octanol–water partition coefficient (Wildman–Crippen LogP) is 0.0950. The van der Waals surface area contributed by atoms with Crippen molar-refractivity contribution in [2.24, 2.45) is 0 Å². The molecule has 27 heavy (non-hydrogen) atoms. The molecule has 0 unspecified atom stereocenters. The monoisotopic (exact) mass is 390 g/mol. The van der Waals surface area contributed by atoms with Gasteiger partial charge >= 0.3 is 0 Å². The summed E-state index contributed by atoms with van der Waals surface area (Å²) in [6.07, 6.45) is 4.52. The molecular formula is C20H30N4O2S+2. The van der Waals surface area contributed by atoms with E-state index in [9.17, 15) is 5.26 Å². The molecule has 2 aliphatic heterocycles. The van der Waals surface area contributed by atoms with Crippen LogP contribution in [0.5, 0.6) is 0 Å². The number of ether oxygens (including phenoxy) is 2. The molecular weight excluding hydrogens is 360 g/mol. The lowest BCUT2D eigenvalue weighted by molar-refractivity contribution is -0.905. The van der Waals surface area contributed by atoms with Crippen molar-refractivity contribution < 1.29 is 19.4 Å². The van der Waals surface area contributed by atoms with Crippen molar-refractivity contribution in [1.29, 1.82) is 5.26 Å². The Morgan fingerprint density at radius 3 is 2.48 bits per heavy atom. The number of morpholine rings is 2. The topological polar surface area (TPSA) is 64.1 Å². The average Bonchev–Trinajstić information content (AvgIpc) is 2.74. The molecule has 0 radical (unpaired) electrons. The van der Waals surface area contributed by atoms with Gasteiger partial charge in [0.1, 0.15) is 37.8 Å². The van der Waals surface area contributed by atoms with Crippen LogP contribution in [0.25, 0.3) is 0 Å². The highest BCUT2D eigenvalue weighted by atomic mass is 32.2. The quantitative estimate of drug-likeness (QED) is 0.723. The van der Waals surface area contributed by atoms with E-state index in [2.05, 4.69) is 16.0 Å². The Morgan fingerprint density at radius 1 is 1.04 bits per heavy atom. The van der Waals surface area contributed by atoms with Crippen molar-refractivity contribution in [1.82, 2.24) is 0 Å². The molecule has 0 atom stereocenters. The lowest BCUT2D eigenvalue weighted by Gasteiger charge is -2.27. The number of thioether (sulfide) groups is 1. The molecule has 3 heterocycles. The maximum atomic E-state index is 9.89. The van der Waals surface area contributed by atoms with E-state index in [1.165, 1.54) is 29.8 Å². The molecule has 1 aromatic heterocycles. The summed E-state index contributed by atoms with van der Waals surface area (Å²) in [4.78, 5) is 7.71. The van der Waals surface area contributed by atoms with Crippen molar-refractivity contribution in [3.63, 3.8) is 0 Å². The van der Waals surface area contributed by atoms with Crippen molar-refractivity contribution in [2.75, 3.05) is 69.8 Å². The van der Waals surface area contributed by atoms with Crippen molar-refractivity contribution >= 4 is 17.6 Å².